The van der Waals surface area contributed by atoms with Crippen LogP contribution in [-0.4, -0.2) is 89.6 Å². The van der Waals surface area contributed by atoms with Gasteiger partial charge in [-0.3, -0.25) is 4.79 Å². The number of allylic oxidation sites excluding steroid dienone is 8. The summed E-state index contributed by atoms with van der Waals surface area (Å²) in [4.78, 5) is 12.9. The number of hydrogen-bond acceptors (Lipinski definition) is 9. The van der Waals surface area contributed by atoms with Crippen LogP contribution in [-0.2, 0) is 23.7 Å². The van der Waals surface area contributed by atoms with Crippen molar-refractivity contribution in [3.63, 3.8) is 0 Å². The van der Waals surface area contributed by atoms with Gasteiger partial charge >= 0.3 is 5.97 Å². The van der Waals surface area contributed by atoms with Crippen LogP contribution in [0.25, 0.3) is 0 Å². The molecule has 1 saturated heterocycles. The number of hydrogen-bond donors (Lipinski definition) is 4. The standard InChI is InChI=1S/C55H100O9/c1-3-5-7-9-11-13-15-17-19-21-23-24-25-26-27-28-30-32-34-36-38-40-42-44-51(57)63-49(48-62-55-54(60)53(59)52(58)50(46-56)64-55)47-61-45-43-41-39-37-35-33-31-29-22-20-18-16-14-12-10-8-6-4-2/h5,7,11,13,17,19,23-24,49-50,52-56,58-60H,3-4,6,8-10,12,14-16,18,20-22,25-48H2,1-2H3/b7-5-,13-11-,19-17-,24-23-. The molecular formula is C55H100O9. The fraction of sp³-hybridized carbons (Fsp3) is 0.836. The topological polar surface area (TPSA) is 135 Å². The predicted octanol–water partition coefficient (Wildman–Crippen LogP) is 13.3. The third kappa shape index (κ3) is 36.3. The van der Waals surface area contributed by atoms with Gasteiger partial charge in [0.25, 0.3) is 0 Å². The molecule has 0 aromatic carbocycles. The lowest BCUT2D eigenvalue weighted by molar-refractivity contribution is -0.305. The second kappa shape index (κ2) is 46.3. The molecule has 0 aromatic rings. The number of aliphatic hydroxyl groups is 4. The molecule has 1 aliphatic rings. The molecule has 9 heteroatoms. The molecule has 9 nitrogen and oxygen atoms in total. The minimum Gasteiger partial charge on any atom is -0.457 e. The molecule has 1 aliphatic heterocycles. The number of aliphatic hydroxyl groups excluding tert-OH is 4. The molecule has 1 heterocycles. The van der Waals surface area contributed by atoms with Crippen LogP contribution in [0.15, 0.2) is 48.6 Å². The van der Waals surface area contributed by atoms with E-state index in [2.05, 4.69) is 62.5 Å². The second-order valence-corrected chi connectivity index (χ2v) is 18.3. The van der Waals surface area contributed by atoms with Gasteiger partial charge in [-0.25, -0.2) is 0 Å². The molecule has 1 rings (SSSR count). The SMILES string of the molecule is CC/C=C\C/C=C\C/C=C\C/C=C\CCCCCCCCCCCCC(=O)OC(COCCCCCCCCCCCCCCCCCCCC)COC1OC(CO)C(O)C(O)C1O. The van der Waals surface area contributed by atoms with E-state index < -0.39 is 43.4 Å². The Labute approximate surface area is 392 Å². The van der Waals surface area contributed by atoms with E-state index in [4.69, 9.17) is 18.9 Å². The van der Waals surface area contributed by atoms with Gasteiger partial charge in [0, 0.05) is 13.0 Å². The van der Waals surface area contributed by atoms with Crippen LogP contribution in [0.4, 0.5) is 0 Å². The summed E-state index contributed by atoms with van der Waals surface area (Å²) in [6, 6.07) is 0. The molecule has 6 atom stereocenters. The van der Waals surface area contributed by atoms with Gasteiger partial charge in [-0.1, -0.05) is 223 Å². The maximum Gasteiger partial charge on any atom is 0.306 e. The van der Waals surface area contributed by atoms with Crippen molar-refractivity contribution >= 4 is 5.97 Å². The lowest BCUT2D eigenvalue weighted by Crippen LogP contribution is -2.59. The van der Waals surface area contributed by atoms with E-state index in [1.165, 1.54) is 154 Å². The number of carbonyl (C=O) groups excluding carboxylic acids is 1. The lowest BCUT2D eigenvalue weighted by atomic mass is 9.99. The van der Waals surface area contributed by atoms with E-state index in [0.717, 1.165) is 57.8 Å². The van der Waals surface area contributed by atoms with Crippen LogP contribution in [0.2, 0.25) is 0 Å². The lowest BCUT2D eigenvalue weighted by Gasteiger charge is -2.39. The number of esters is 1. The van der Waals surface area contributed by atoms with Gasteiger partial charge in [0.05, 0.1) is 19.8 Å². The normalized spacial score (nSPS) is 19.9. The van der Waals surface area contributed by atoms with Crippen molar-refractivity contribution in [2.45, 2.75) is 269 Å². The summed E-state index contributed by atoms with van der Waals surface area (Å²) in [5.74, 6) is -0.315. The molecule has 0 amide bonds. The van der Waals surface area contributed by atoms with Crippen molar-refractivity contribution in [3.05, 3.63) is 48.6 Å². The molecule has 1 fully saturated rings. The molecule has 0 saturated carbocycles. The molecule has 64 heavy (non-hydrogen) atoms. The summed E-state index contributed by atoms with van der Waals surface area (Å²) < 4.78 is 22.9. The summed E-state index contributed by atoms with van der Waals surface area (Å²) in [6.07, 6.45) is 51.4. The van der Waals surface area contributed by atoms with Crippen LogP contribution in [0.3, 0.4) is 0 Å². The van der Waals surface area contributed by atoms with Gasteiger partial charge in [0.1, 0.15) is 30.5 Å². The maximum atomic E-state index is 12.9. The van der Waals surface area contributed by atoms with E-state index in [1.54, 1.807) is 0 Å². The Hall–Kier alpha value is -1.85. The van der Waals surface area contributed by atoms with Gasteiger partial charge in [0.2, 0.25) is 0 Å². The Morgan fingerprint density at radius 3 is 1.44 bits per heavy atom. The van der Waals surface area contributed by atoms with Crippen molar-refractivity contribution in [2.24, 2.45) is 0 Å². The molecule has 0 spiro atoms. The van der Waals surface area contributed by atoms with Gasteiger partial charge in [-0.2, -0.15) is 0 Å². The molecule has 0 aliphatic carbocycles. The first kappa shape index (κ1) is 60.2. The molecule has 0 bridgehead atoms. The minimum atomic E-state index is -1.54. The third-order valence-electron chi connectivity index (χ3n) is 12.3. The Morgan fingerprint density at radius 1 is 0.516 bits per heavy atom. The van der Waals surface area contributed by atoms with Crippen LogP contribution < -0.4 is 0 Å². The van der Waals surface area contributed by atoms with Crippen LogP contribution in [0, 0.1) is 0 Å². The van der Waals surface area contributed by atoms with Crippen molar-refractivity contribution < 1.29 is 44.2 Å². The first-order valence-corrected chi connectivity index (χ1v) is 26.7. The van der Waals surface area contributed by atoms with Gasteiger partial charge < -0.3 is 39.4 Å². The molecule has 374 valence electrons. The highest BCUT2D eigenvalue weighted by Gasteiger charge is 2.44. The molecule has 0 aromatic heterocycles. The predicted molar refractivity (Wildman–Crippen MR) is 265 cm³/mol. The van der Waals surface area contributed by atoms with Gasteiger partial charge in [-0.05, 0) is 51.4 Å². The summed E-state index contributed by atoms with van der Waals surface area (Å²) in [5, 5.41) is 40.3. The van der Waals surface area contributed by atoms with E-state index >= 15 is 0 Å². The molecule has 0 radical (unpaired) electrons. The highest BCUT2D eigenvalue weighted by atomic mass is 16.7. The first-order chi connectivity index (χ1) is 31.4. The first-order valence-electron chi connectivity index (χ1n) is 26.7. The van der Waals surface area contributed by atoms with Gasteiger partial charge in [0.15, 0.2) is 6.29 Å². The van der Waals surface area contributed by atoms with E-state index in [9.17, 15) is 25.2 Å². The average Bonchev–Trinajstić information content (AvgIpc) is 3.30. The summed E-state index contributed by atoms with van der Waals surface area (Å²) >= 11 is 0. The molecule has 6 unspecified atom stereocenters. The zero-order chi connectivity index (χ0) is 46.4. The fourth-order valence-corrected chi connectivity index (χ4v) is 8.13. The van der Waals surface area contributed by atoms with Crippen LogP contribution in [0.1, 0.15) is 232 Å². The highest BCUT2D eigenvalue weighted by Crippen LogP contribution is 2.23. The van der Waals surface area contributed by atoms with Crippen LogP contribution >= 0.6 is 0 Å². The Kier molecular flexibility index (Phi) is 43.5. The van der Waals surface area contributed by atoms with Crippen LogP contribution in [0.5, 0.6) is 0 Å². The number of rotatable bonds is 46. The van der Waals surface area contributed by atoms with Crippen molar-refractivity contribution in [1.29, 1.82) is 0 Å². The highest BCUT2D eigenvalue weighted by molar-refractivity contribution is 5.69. The Morgan fingerprint density at radius 2 is 0.953 bits per heavy atom. The van der Waals surface area contributed by atoms with Crippen molar-refractivity contribution in [3.8, 4) is 0 Å². The van der Waals surface area contributed by atoms with E-state index in [-0.39, 0.29) is 19.2 Å². The quantitative estimate of drug-likeness (QED) is 0.0267. The summed E-state index contributed by atoms with van der Waals surface area (Å²) in [7, 11) is 0. The fourth-order valence-electron chi connectivity index (χ4n) is 8.13. The van der Waals surface area contributed by atoms with E-state index in [1.807, 2.05) is 0 Å². The zero-order valence-electron chi connectivity index (χ0n) is 41.3. The summed E-state index contributed by atoms with van der Waals surface area (Å²) in [5.41, 5.74) is 0. The van der Waals surface area contributed by atoms with Crippen molar-refractivity contribution in [1.82, 2.24) is 0 Å². The Bertz CT molecular complexity index is 1120. The Balaban J connectivity index is 2.18. The summed E-state index contributed by atoms with van der Waals surface area (Å²) in [6.45, 7) is 4.48. The third-order valence-corrected chi connectivity index (χ3v) is 12.3. The minimum absolute atomic E-state index is 0.113. The molecule has 4 N–H and O–H groups in total. The average molecular weight is 905 g/mol. The molecular weight excluding hydrogens is 805 g/mol. The van der Waals surface area contributed by atoms with Gasteiger partial charge in [-0.15, -0.1) is 0 Å². The largest absolute Gasteiger partial charge is 0.457 e. The van der Waals surface area contributed by atoms with Crippen molar-refractivity contribution in [2.75, 3.05) is 26.4 Å². The smallest absolute Gasteiger partial charge is 0.306 e. The monoisotopic (exact) mass is 905 g/mol. The zero-order valence-corrected chi connectivity index (χ0v) is 41.3. The number of unbranched alkanes of at least 4 members (excludes halogenated alkanes) is 27. The van der Waals surface area contributed by atoms with E-state index in [0.29, 0.717) is 13.0 Å². The second-order valence-electron chi connectivity index (χ2n) is 18.3. The maximum absolute atomic E-state index is 12.9. The number of carbonyl (C=O) groups is 1. The number of ether oxygens (including phenoxy) is 4.